The number of rotatable bonds is 3. The van der Waals surface area contributed by atoms with Crippen molar-refractivity contribution in [3.63, 3.8) is 0 Å². The van der Waals surface area contributed by atoms with Crippen LogP contribution in [0.25, 0.3) is 11.2 Å². The second-order valence-corrected chi connectivity index (χ2v) is 8.03. The standard InChI is InChI=1S/C18H25N7O/c1-11-7-12(23-22-11)8-14-20-16-15(25(10-19-16)18(2,3)4)17(21-14)24-6-5-13(26)9-24/h7,10,13,26H,5-6,8-9H2,1-4H3,(H,22,23)/t13-/m0/s1. The number of hydrogen-bond acceptors (Lipinski definition) is 6. The van der Waals surface area contributed by atoms with Gasteiger partial charge in [-0.05, 0) is 40.2 Å². The molecule has 0 bridgehead atoms. The molecule has 0 aliphatic carbocycles. The molecule has 4 rings (SSSR count). The van der Waals surface area contributed by atoms with Crippen molar-refractivity contribution < 1.29 is 5.11 Å². The molecule has 0 unspecified atom stereocenters. The summed E-state index contributed by atoms with van der Waals surface area (Å²) < 4.78 is 2.12. The van der Waals surface area contributed by atoms with E-state index in [1.165, 1.54) is 0 Å². The normalized spacial score (nSPS) is 18.2. The number of aryl methyl sites for hydroxylation is 1. The number of aromatic nitrogens is 6. The lowest BCUT2D eigenvalue weighted by Gasteiger charge is -2.25. The molecular weight excluding hydrogens is 330 g/mol. The smallest absolute Gasteiger partial charge is 0.183 e. The third-order valence-electron chi connectivity index (χ3n) is 4.71. The minimum absolute atomic E-state index is 0.133. The monoisotopic (exact) mass is 355 g/mol. The molecule has 3 aromatic heterocycles. The van der Waals surface area contributed by atoms with Gasteiger partial charge < -0.3 is 14.6 Å². The Kier molecular flexibility index (Phi) is 3.95. The molecule has 3 aromatic rings. The van der Waals surface area contributed by atoms with E-state index in [1.807, 2.05) is 19.3 Å². The van der Waals surface area contributed by atoms with E-state index >= 15 is 0 Å². The van der Waals surface area contributed by atoms with E-state index in [-0.39, 0.29) is 11.6 Å². The molecular formula is C18H25N7O. The Labute approximate surface area is 152 Å². The summed E-state index contributed by atoms with van der Waals surface area (Å²) in [5.41, 5.74) is 3.40. The maximum absolute atomic E-state index is 10.00. The number of nitrogens with zero attached hydrogens (tertiary/aromatic N) is 6. The van der Waals surface area contributed by atoms with Crippen LogP contribution in [-0.2, 0) is 12.0 Å². The summed E-state index contributed by atoms with van der Waals surface area (Å²) in [6.07, 6.45) is 2.82. The highest BCUT2D eigenvalue weighted by atomic mass is 16.3. The van der Waals surface area contributed by atoms with Gasteiger partial charge in [-0.1, -0.05) is 0 Å². The fraction of sp³-hybridized carbons (Fsp3) is 0.556. The minimum atomic E-state index is -0.316. The molecule has 2 N–H and O–H groups in total. The van der Waals surface area contributed by atoms with Crippen LogP contribution in [0, 0.1) is 6.92 Å². The van der Waals surface area contributed by atoms with Crippen LogP contribution in [-0.4, -0.2) is 54.0 Å². The van der Waals surface area contributed by atoms with Gasteiger partial charge in [-0.25, -0.2) is 15.0 Å². The predicted molar refractivity (Wildman–Crippen MR) is 99.3 cm³/mol. The molecule has 0 saturated carbocycles. The quantitative estimate of drug-likeness (QED) is 0.743. The van der Waals surface area contributed by atoms with Crippen LogP contribution in [0.4, 0.5) is 5.82 Å². The second-order valence-electron chi connectivity index (χ2n) is 8.03. The van der Waals surface area contributed by atoms with E-state index in [4.69, 9.17) is 4.98 Å². The molecule has 1 atom stereocenters. The molecule has 0 spiro atoms. The van der Waals surface area contributed by atoms with E-state index in [9.17, 15) is 5.11 Å². The van der Waals surface area contributed by atoms with Crippen LogP contribution in [0.3, 0.4) is 0 Å². The van der Waals surface area contributed by atoms with Crippen molar-refractivity contribution in [1.82, 2.24) is 29.7 Å². The van der Waals surface area contributed by atoms with Crippen molar-refractivity contribution in [3.8, 4) is 0 Å². The van der Waals surface area contributed by atoms with E-state index in [0.717, 1.165) is 35.7 Å². The van der Waals surface area contributed by atoms with Gasteiger partial charge in [0.1, 0.15) is 11.3 Å². The number of aliphatic hydroxyl groups excluding tert-OH is 1. The highest BCUT2D eigenvalue weighted by molar-refractivity contribution is 5.84. The fourth-order valence-corrected chi connectivity index (χ4v) is 3.42. The first-order chi connectivity index (χ1) is 12.3. The minimum Gasteiger partial charge on any atom is -0.391 e. The number of aromatic amines is 1. The molecule has 0 aromatic carbocycles. The number of imidazole rings is 1. The lowest BCUT2D eigenvalue weighted by molar-refractivity contribution is 0.198. The van der Waals surface area contributed by atoms with E-state index in [1.54, 1.807) is 0 Å². The van der Waals surface area contributed by atoms with Gasteiger partial charge in [0.05, 0.1) is 24.5 Å². The van der Waals surface area contributed by atoms with Crippen LogP contribution in [0.5, 0.6) is 0 Å². The Morgan fingerprint density at radius 2 is 2.12 bits per heavy atom. The first-order valence-corrected chi connectivity index (χ1v) is 8.99. The SMILES string of the molecule is Cc1cc(Cc2nc(N3CC[C@H](O)C3)c3c(ncn3C(C)(C)C)n2)n[nH]1. The molecule has 4 heterocycles. The van der Waals surface area contributed by atoms with Crippen LogP contribution >= 0.6 is 0 Å². The molecule has 8 heteroatoms. The highest BCUT2D eigenvalue weighted by Gasteiger charge is 2.28. The third-order valence-corrected chi connectivity index (χ3v) is 4.71. The van der Waals surface area contributed by atoms with Gasteiger partial charge in [-0.3, -0.25) is 5.10 Å². The summed E-state index contributed by atoms with van der Waals surface area (Å²) in [5.74, 6) is 1.54. The molecule has 1 fully saturated rings. The maximum Gasteiger partial charge on any atom is 0.183 e. The number of H-pyrrole nitrogens is 1. The van der Waals surface area contributed by atoms with Gasteiger partial charge in [0, 0.05) is 24.3 Å². The molecule has 1 saturated heterocycles. The summed E-state index contributed by atoms with van der Waals surface area (Å²) >= 11 is 0. The van der Waals surface area contributed by atoms with E-state index in [0.29, 0.717) is 24.4 Å². The van der Waals surface area contributed by atoms with Crippen LogP contribution in [0.15, 0.2) is 12.4 Å². The topological polar surface area (TPSA) is 95.8 Å². The van der Waals surface area contributed by atoms with Crippen LogP contribution < -0.4 is 4.90 Å². The van der Waals surface area contributed by atoms with Gasteiger partial charge in [0.2, 0.25) is 0 Å². The predicted octanol–water partition coefficient (Wildman–Crippen LogP) is 1.77. The van der Waals surface area contributed by atoms with Crippen molar-refractivity contribution in [3.05, 3.63) is 29.6 Å². The molecule has 0 amide bonds. The van der Waals surface area contributed by atoms with Crippen LogP contribution in [0.2, 0.25) is 0 Å². The number of fused-ring (bicyclic) bond motifs is 1. The summed E-state index contributed by atoms with van der Waals surface area (Å²) in [7, 11) is 0. The fourth-order valence-electron chi connectivity index (χ4n) is 3.42. The Morgan fingerprint density at radius 3 is 2.73 bits per heavy atom. The molecule has 8 nitrogen and oxygen atoms in total. The maximum atomic E-state index is 10.00. The van der Waals surface area contributed by atoms with Crippen molar-refractivity contribution in [2.45, 2.75) is 52.2 Å². The van der Waals surface area contributed by atoms with Crippen LogP contribution in [0.1, 0.15) is 44.4 Å². The van der Waals surface area contributed by atoms with E-state index in [2.05, 4.69) is 50.4 Å². The Bertz CT molecular complexity index is 937. The van der Waals surface area contributed by atoms with Gasteiger partial charge >= 0.3 is 0 Å². The average Bonchev–Trinajstić information content (AvgIpc) is 3.26. The third kappa shape index (κ3) is 3.05. The lowest BCUT2D eigenvalue weighted by atomic mass is 10.1. The zero-order chi connectivity index (χ0) is 18.5. The molecule has 1 aliphatic heterocycles. The zero-order valence-corrected chi connectivity index (χ0v) is 15.7. The number of aliphatic hydroxyl groups is 1. The average molecular weight is 355 g/mol. The number of hydrogen-bond donors (Lipinski definition) is 2. The van der Waals surface area contributed by atoms with Crippen molar-refractivity contribution in [2.24, 2.45) is 0 Å². The van der Waals surface area contributed by atoms with Gasteiger partial charge in [-0.2, -0.15) is 5.10 Å². The zero-order valence-electron chi connectivity index (χ0n) is 15.7. The van der Waals surface area contributed by atoms with Gasteiger partial charge in [-0.15, -0.1) is 0 Å². The summed E-state index contributed by atoms with van der Waals surface area (Å²) in [6.45, 7) is 9.75. The summed E-state index contributed by atoms with van der Waals surface area (Å²) in [4.78, 5) is 16.2. The van der Waals surface area contributed by atoms with Gasteiger partial charge in [0.15, 0.2) is 11.5 Å². The largest absolute Gasteiger partial charge is 0.391 e. The van der Waals surface area contributed by atoms with Crippen molar-refractivity contribution in [2.75, 3.05) is 18.0 Å². The van der Waals surface area contributed by atoms with E-state index < -0.39 is 0 Å². The molecule has 26 heavy (non-hydrogen) atoms. The number of anilines is 1. The van der Waals surface area contributed by atoms with Gasteiger partial charge in [0.25, 0.3) is 0 Å². The first-order valence-electron chi connectivity index (χ1n) is 8.99. The number of nitrogens with one attached hydrogen (secondary N) is 1. The lowest BCUT2D eigenvalue weighted by Crippen LogP contribution is -2.26. The first kappa shape index (κ1) is 17.0. The second kappa shape index (κ2) is 6.05. The number of β-amino-alcohol motifs (C(OH)–C–C–N with tert-alkyl or cyclic N) is 1. The van der Waals surface area contributed by atoms with Crippen molar-refractivity contribution in [1.29, 1.82) is 0 Å². The Hall–Kier alpha value is -2.48. The Morgan fingerprint density at radius 1 is 1.31 bits per heavy atom. The Balaban J connectivity index is 1.83. The molecule has 0 radical (unpaired) electrons. The highest BCUT2D eigenvalue weighted by Crippen LogP contribution is 2.30. The molecule has 1 aliphatic rings. The molecule has 138 valence electrons. The summed E-state index contributed by atoms with van der Waals surface area (Å²) in [6, 6.07) is 2.00. The summed E-state index contributed by atoms with van der Waals surface area (Å²) in [5, 5.41) is 17.2. The van der Waals surface area contributed by atoms with Crippen molar-refractivity contribution >= 4 is 17.0 Å².